The average molecular weight is 458 g/mol. The van der Waals surface area contributed by atoms with E-state index in [0.717, 1.165) is 34.4 Å². The van der Waals surface area contributed by atoms with Crippen molar-refractivity contribution in [2.24, 2.45) is 0 Å². The molecule has 6 rings (SSSR count). The molecule has 33 heavy (non-hydrogen) atoms. The third-order valence-corrected chi connectivity index (χ3v) is 6.96. The molecule has 164 valence electrons. The fourth-order valence-electron chi connectivity index (χ4n) is 4.37. The number of aliphatic hydroxyl groups excluding tert-OH is 1. The summed E-state index contributed by atoms with van der Waals surface area (Å²) < 4.78 is 12.2. The van der Waals surface area contributed by atoms with Crippen molar-refractivity contribution in [3.05, 3.63) is 83.3 Å². The lowest BCUT2D eigenvalue weighted by Crippen LogP contribution is -2.29. The summed E-state index contributed by atoms with van der Waals surface area (Å²) in [6.07, 6.45) is 3.17. The number of thiazole rings is 1. The van der Waals surface area contributed by atoms with Gasteiger partial charge in [-0.05, 0) is 60.9 Å². The van der Waals surface area contributed by atoms with Crippen LogP contribution in [-0.2, 0) is 16.0 Å². The maximum atomic E-state index is 13.2. The second-order valence-corrected chi connectivity index (χ2v) is 8.93. The van der Waals surface area contributed by atoms with E-state index in [1.54, 1.807) is 24.3 Å². The molecule has 1 atom stereocenters. The number of hydrogen-bond donors (Lipinski definition) is 1. The van der Waals surface area contributed by atoms with E-state index >= 15 is 0 Å². The van der Waals surface area contributed by atoms with E-state index < -0.39 is 17.7 Å². The van der Waals surface area contributed by atoms with Crippen LogP contribution in [0.2, 0.25) is 0 Å². The molecule has 2 aromatic heterocycles. The van der Waals surface area contributed by atoms with Crippen LogP contribution in [0.15, 0.2) is 70.9 Å². The highest BCUT2D eigenvalue weighted by Gasteiger charge is 2.49. The minimum absolute atomic E-state index is 0.0223. The molecule has 1 saturated heterocycles. The van der Waals surface area contributed by atoms with Gasteiger partial charge in [-0.15, -0.1) is 0 Å². The van der Waals surface area contributed by atoms with Gasteiger partial charge >= 0.3 is 5.91 Å². The van der Waals surface area contributed by atoms with Crippen molar-refractivity contribution in [3.8, 4) is 5.75 Å². The Labute approximate surface area is 192 Å². The lowest BCUT2D eigenvalue weighted by atomic mass is 9.96. The van der Waals surface area contributed by atoms with Crippen molar-refractivity contribution in [2.45, 2.75) is 18.9 Å². The van der Waals surface area contributed by atoms with E-state index in [0.29, 0.717) is 23.1 Å². The van der Waals surface area contributed by atoms with Crippen LogP contribution >= 0.6 is 11.3 Å². The maximum Gasteiger partial charge on any atom is 0.302 e. The van der Waals surface area contributed by atoms with Gasteiger partial charge in [-0.25, -0.2) is 4.98 Å². The molecule has 2 aliphatic rings. The largest absolute Gasteiger partial charge is 0.507 e. The van der Waals surface area contributed by atoms with E-state index in [1.165, 1.54) is 22.5 Å². The van der Waals surface area contributed by atoms with Gasteiger partial charge in [-0.1, -0.05) is 23.5 Å². The third-order valence-electron chi connectivity index (χ3n) is 5.93. The molecule has 1 unspecified atom stereocenters. The first-order valence-corrected chi connectivity index (χ1v) is 11.4. The molecule has 2 aliphatic heterocycles. The standard InChI is InChI=1S/C25H18N2O5S/c28-22(15-9-10-17-14(13-15)5-3-11-31-17)20-21(18-7-4-12-32-18)27(24(30)23(20)29)25-26-16-6-1-2-8-19(16)33-25/h1-2,4,6-10,12-13,21,28H,3,5,11H2/b22-20+. The van der Waals surface area contributed by atoms with E-state index in [4.69, 9.17) is 9.15 Å². The highest BCUT2D eigenvalue weighted by molar-refractivity contribution is 7.22. The number of nitrogens with zero attached hydrogens (tertiary/aromatic N) is 2. The van der Waals surface area contributed by atoms with Gasteiger partial charge in [-0.3, -0.25) is 14.5 Å². The van der Waals surface area contributed by atoms with E-state index in [9.17, 15) is 14.7 Å². The van der Waals surface area contributed by atoms with Crippen LogP contribution in [0.25, 0.3) is 16.0 Å². The van der Waals surface area contributed by atoms with Crippen molar-refractivity contribution in [2.75, 3.05) is 11.5 Å². The fraction of sp³-hybridized carbons (Fsp3) is 0.160. The normalized spacial score (nSPS) is 19.6. The van der Waals surface area contributed by atoms with Gasteiger partial charge in [-0.2, -0.15) is 0 Å². The monoisotopic (exact) mass is 458 g/mol. The topological polar surface area (TPSA) is 92.9 Å². The Morgan fingerprint density at radius 3 is 2.82 bits per heavy atom. The number of fused-ring (bicyclic) bond motifs is 2. The summed E-state index contributed by atoms with van der Waals surface area (Å²) in [5, 5.41) is 11.6. The number of anilines is 1. The predicted octanol–water partition coefficient (Wildman–Crippen LogP) is 4.84. The van der Waals surface area contributed by atoms with Crippen molar-refractivity contribution >= 4 is 44.1 Å². The molecule has 0 bridgehead atoms. The Kier molecular flexibility index (Phi) is 4.55. The first-order chi connectivity index (χ1) is 16.1. The molecular formula is C25H18N2O5S. The molecule has 7 nitrogen and oxygen atoms in total. The summed E-state index contributed by atoms with van der Waals surface area (Å²) in [5.74, 6) is -0.626. The van der Waals surface area contributed by atoms with Gasteiger partial charge in [0.25, 0.3) is 5.78 Å². The molecule has 1 N–H and O–H groups in total. The number of aliphatic hydroxyl groups is 1. The number of amides is 1. The Hall–Kier alpha value is -3.91. The van der Waals surface area contributed by atoms with Gasteiger partial charge in [0.15, 0.2) is 5.13 Å². The second kappa shape index (κ2) is 7.60. The molecule has 0 radical (unpaired) electrons. The maximum absolute atomic E-state index is 13.2. The zero-order valence-corrected chi connectivity index (χ0v) is 18.2. The molecule has 2 aromatic carbocycles. The number of hydrogen-bond acceptors (Lipinski definition) is 7. The molecule has 4 aromatic rings. The molecular weight excluding hydrogens is 440 g/mol. The second-order valence-electron chi connectivity index (χ2n) is 7.92. The number of furan rings is 1. The number of aryl methyl sites for hydroxylation is 1. The molecule has 8 heteroatoms. The Bertz CT molecular complexity index is 1400. The van der Waals surface area contributed by atoms with Gasteiger partial charge in [0, 0.05) is 5.56 Å². The van der Waals surface area contributed by atoms with Crippen LogP contribution in [0.5, 0.6) is 5.75 Å². The third kappa shape index (κ3) is 3.14. The quantitative estimate of drug-likeness (QED) is 0.268. The summed E-state index contributed by atoms with van der Waals surface area (Å²) in [4.78, 5) is 32.3. The number of rotatable bonds is 3. The highest BCUT2D eigenvalue weighted by Crippen LogP contribution is 2.44. The Balaban J connectivity index is 1.52. The summed E-state index contributed by atoms with van der Waals surface area (Å²) in [7, 11) is 0. The zero-order valence-electron chi connectivity index (χ0n) is 17.4. The number of carbonyl (C=O) groups excluding carboxylic acids is 2. The average Bonchev–Trinajstić information content (AvgIpc) is 3.57. The number of ketones is 1. The number of Topliss-reactive ketones (excluding diaryl/α,β-unsaturated/α-hetero) is 1. The minimum atomic E-state index is -0.923. The van der Waals surface area contributed by atoms with Gasteiger partial charge in [0.05, 0.1) is 28.7 Å². The number of para-hydroxylation sites is 1. The number of ether oxygens (including phenoxy) is 1. The lowest BCUT2D eigenvalue weighted by Gasteiger charge is -2.21. The van der Waals surface area contributed by atoms with Gasteiger partial charge < -0.3 is 14.3 Å². The first-order valence-electron chi connectivity index (χ1n) is 10.6. The SMILES string of the molecule is O=C1C(=O)N(c2nc3ccccc3s2)C(c2ccco2)/C1=C(\O)c1ccc2c(c1)CCCO2. The lowest BCUT2D eigenvalue weighted by molar-refractivity contribution is -0.132. The summed E-state index contributed by atoms with van der Waals surface area (Å²) in [6, 6.07) is 15.3. The molecule has 0 aliphatic carbocycles. The van der Waals surface area contributed by atoms with E-state index in [2.05, 4.69) is 4.98 Å². The van der Waals surface area contributed by atoms with Crippen LogP contribution in [0.4, 0.5) is 5.13 Å². The molecule has 1 amide bonds. The number of aromatic nitrogens is 1. The number of benzene rings is 2. The summed E-state index contributed by atoms with van der Waals surface area (Å²) in [5.41, 5.74) is 2.12. The van der Waals surface area contributed by atoms with Gasteiger partial charge in [0.1, 0.15) is 23.3 Å². The fourth-order valence-corrected chi connectivity index (χ4v) is 5.36. The van der Waals surface area contributed by atoms with Crippen molar-refractivity contribution in [1.29, 1.82) is 0 Å². The van der Waals surface area contributed by atoms with Crippen molar-refractivity contribution in [1.82, 2.24) is 4.98 Å². The Morgan fingerprint density at radius 2 is 2.00 bits per heavy atom. The van der Waals surface area contributed by atoms with E-state index in [-0.39, 0.29) is 11.3 Å². The van der Waals surface area contributed by atoms with Gasteiger partial charge in [0.2, 0.25) is 0 Å². The van der Waals surface area contributed by atoms with Crippen LogP contribution < -0.4 is 9.64 Å². The summed E-state index contributed by atoms with van der Waals surface area (Å²) >= 11 is 1.31. The molecule has 0 spiro atoms. The first kappa shape index (κ1) is 19.8. The van der Waals surface area contributed by atoms with Crippen LogP contribution in [-0.4, -0.2) is 28.4 Å². The zero-order chi connectivity index (χ0) is 22.5. The smallest absolute Gasteiger partial charge is 0.302 e. The Morgan fingerprint density at radius 1 is 1.12 bits per heavy atom. The highest BCUT2D eigenvalue weighted by atomic mass is 32.1. The summed E-state index contributed by atoms with van der Waals surface area (Å²) in [6.45, 7) is 0.657. The van der Waals surface area contributed by atoms with Crippen LogP contribution in [0.1, 0.15) is 29.3 Å². The van der Waals surface area contributed by atoms with Crippen LogP contribution in [0.3, 0.4) is 0 Å². The number of carbonyl (C=O) groups is 2. The van der Waals surface area contributed by atoms with Crippen molar-refractivity contribution in [3.63, 3.8) is 0 Å². The molecule has 1 fully saturated rings. The van der Waals surface area contributed by atoms with Crippen molar-refractivity contribution < 1.29 is 23.8 Å². The molecule has 4 heterocycles. The molecule has 0 saturated carbocycles. The van der Waals surface area contributed by atoms with Crippen LogP contribution in [0, 0.1) is 0 Å². The predicted molar refractivity (Wildman–Crippen MR) is 123 cm³/mol. The minimum Gasteiger partial charge on any atom is -0.507 e. The van der Waals surface area contributed by atoms with E-state index in [1.807, 2.05) is 30.3 Å².